The van der Waals surface area contributed by atoms with Crippen molar-refractivity contribution in [3.63, 3.8) is 0 Å². The molecule has 1 heterocycles. The highest BCUT2D eigenvalue weighted by Gasteiger charge is 2.18. The Labute approximate surface area is 135 Å². The second-order valence-corrected chi connectivity index (χ2v) is 6.45. The Morgan fingerprint density at radius 1 is 1.36 bits per heavy atom. The maximum absolute atomic E-state index is 12.5. The number of carbonyl (C=O) groups is 1. The molecule has 0 aliphatic carbocycles. The highest BCUT2D eigenvalue weighted by Crippen LogP contribution is 2.28. The summed E-state index contributed by atoms with van der Waals surface area (Å²) >= 11 is 1.45. The Balaban J connectivity index is 2.18. The summed E-state index contributed by atoms with van der Waals surface area (Å²) in [4.78, 5) is 17.6. The van der Waals surface area contributed by atoms with Crippen LogP contribution < -0.4 is 10.1 Å². The molecule has 4 nitrogen and oxygen atoms in total. The Morgan fingerprint density at radius 2 is 2.09 bits per heavy atom. The molecular formula is C17H22N2O2S. The fourth-order valence-corrected chi connectivity index (χ4v) is 2.93. The monoisotopic (exact) mass is 318 g/mol. The van der Waals surface area contributed by atoms with Crippen LogP contribution in [0.3, 0.4) is 0 Å². The molecule has 0 radical (unpaired) electrons. The number of amides is 1. The van der Waals surface area contributed by atoms with E-state index in [4.69, 9.17) is 4.74 Å². The summed E-state index contributed by atoms with van der Waals surface area (Å²) in [5.41, 5.74) is 1.47. The van der Waals surface area contributed by atoms with Gasteiger partial charge in [0.25, 0.3) is 5.91 Å². The lowest BCUT2D eigenvalue weighted by atomic mass is 10.2. The molecule has 0 aliphatic heterocycles. The largest absolute Gasteiger partial charge is 0.491 e. The van der Waals surface area contributed by atoms with Crippen LogP contribution in [0.5, 0.6) is 5.75 Å². The molecule has 0 saturated carbocycles. The van der Waals surface area contributed by atoms with Crippen LogP contribution in [0.15, 0.2) is 24.3 Å². The Morgan fingerprint density at radius 3 is 2.73 bits per heavy atom. The number of rotatable bonds is 6. The minimum absolute atomic E-state index is 0.130. The molecule has 1 aromatic carbocycles. The molecule has 1 N–H and O–H groups in total. The second kappa shape index (κ2) is 7.40. The molecule has 0 spiro atoms. The number of hydrogen-bond acceptors (Lipinski definition) is 4. The number of hydrogen-bond donors (Lipinski definition) is 1. The summed E-state index contributed by atoms with van der Waals surface area (Å²) in [6, 6.07) is 7.50. The van der Waals surface area contributed by atoms with Crippen LogP contribution >= 0.6 is 11.3 Å². The van der Waals surface area contributed by atoms with Crippen molar-refractivity contribution in [2.45, 2.75) is 40.0 Å². The first kappa shape index (κ1) is 16.5. The quantitative estimate of drug-likeness (QED) is 0.845. The van der Waals surface area contributed by atoms with Gasteiger partial charge in [-0.1, -0.05) is 32.9 Å². The van der Waals surface area contributed by atoms with E-state index in [1.165, 1.54) is 11.3 Å². The number of aryl methyl sites for hydroxylation is 1. The number of nitrogens with one attached hydrogen (secondary N) is 1. The zero-order valence-electron chi connectivity index (χ0n) is 13.5. The van der Waals surface area contributed by atoms with Gasteiger partial charge in [0.05, 0.1) is 23.0 Å². The lowest BCUT2D eigenvalue weighted by molar-refractivity contribution is 0.102. The van der Waals surface area contributed by atoms with Gasteiger partial charge in [-0.15, -0.1) is 11.3 Å². The van der Waals surface area contributed by atoms with Crippen LogP contribution in [0.2, 0.25) is 0 Å². The topological polar surface area (TPSA) is 51.2 Å². The molecule has 0 saturated heterocycles. The third-order valence-corrected chi connectivity index (χ3v) is 4.57. The normalized spacial score (nSPS) is 10.8. The number of anilines is 1. The lowest BCUT2D eigenvalue weighted by Crippen LogP contribution is -2.12. The van der Waals surface area contributed by atoms with Gasteiger partial charge in [0, 0.05) is 5.92 Å². The van der Waals surface area contributed by atoms with E-state index in [0.29, 0.717) is 28.8 Å². The van der Waals surface area contributed by atoms with Crippen LogP contribution in [-0.2, 0) is 0 Å². The first-order valence-corrected chi connectivity index (χ1v) is 8.35. The molecule has 118 valence electrons. The average Bonchev–Trinajstić information content (AvgIpc) is 2.88. The summed E-state index contributed by atoms with van der Waals surface area (Å²) in [7, 11) is 0. The zero-order valence-corrected chi connectivity index (χ0v) is 14.3. The van der Waals surface area contributed by atoms with E-state index >= 15 is 0 Å². The third kappa shape index (κ3) is 3.85. The van der Waals surface area contributed by atoms with Crippen molar-refractivity contribution in [3.05, 3.63) is 39.8 Å². The fraction of sp³-hybridized carbons (Fsp3) is 0.412. The number of ether oxygens (including phenoxy) is 1. The van der Waals surface area contributed by atoms with E-state index in [1.807, 2.05) is 31.2 Å². The summed E-state index contributed by atoms with van der Waals surface area (Å²) in [6.45, 7) is 8.71. The molecule has 22 heavy (non-hydrogen) atoms. The number of carbonyl (C=O) groups excluding carboxylic acids is 1. The van der Waals surface area contributed by atoms with E-state index < -0.39 is 0 Å². The molecule has 0 unspecified atom stereocenters. The van der Waals surface area contributed by atoms with Gasteiger partial charge < -0.3 is 10.1 Å². The first-order valence-electron chi connectivity index (χ1n) is 7.53. The SMILES string of the molecule is CCCOc1ccccc1NC(=O)c1sc(C(C)C)nc1C. The van der Waals surface area contributed by atoms with E-state index in [0.717, 1.165) is 17.1 Å². The van der Waals surface area contributed by atoms with Crippen molar-refractivity contribution in [1.29, 1.82) is 0 Å². The molecule has 2 aromatic rings. The molecule has 0 atom stereocenters. The predicted molar refractivity (Wildman–Crippen MR) is 91.1 cm³/mol. The second-order valence-electron chi connectivity index (χ2n) is 5.42. The zero-order chi connectivity index (χ0) is 16.1. The van der Waals surface area contributed by atoms with Gasteiger partial charge in [-0.25, -0.2) is 4.98 Å². The predicted octanol–water partition coefficient (Wildman–Crippen LogP) is 4.62. The maximum atomic E-state index is 12.5. The van der Waals surface area contributed by atoms with E-state index in [1.54, 1.807) is 0 Å². The third-order valence-electron chi connectivity index (χ3n) is 3.11. The number of para-hydroxylation sites is 2. The van der Waals surface area contributed by atoms with Crippen molar-refractivity contribution in [1.82, 2.24) is 4.98 Å². The van der Waals surface area contributed by atoms with Gasteiger partial charge in [-0.3, -0.25) is 4.79 Å². The Bertz CT molecular complexity index is 650. The Kier molecular flexibility index (Phi) is 5.55. The van der Waals surface area contributed by atoms with Gasteiger partial charge in [0.2, 0.25) is 0 Å². The van der Waals surface area contributed by atoms with Gasteiger partial charge >= 0.3 is 0 Å². The Hall–Kier alpha value is -1.88. The van der Waals surface area contributed by atoms with Crippen LogP contribution in [0, 0.1) is 6.92 Å². The number of thiazole rings is 1. The highest BCUT2D eigenvalue weighted by molar-refractivity contribution is 7.14. The van der Waals surface area contributed by atoms with Gasteiger partial charge in [-0.2, -0.15) is 0 Å². The lowest BCUT2D eigenvalue weighted by Gasteiger charge is -2.11. The number of benzene rings is 1. The van der Waals surface area contributed by atoms with E-state index in [9.17, 15) is 4.79 Å². The number of nitrogens with zero attached hydrogens (tertiary/aromatic N) is 1. The molecule has 0 fully saturated rings. The van der Waals surface area contributed by atoms with Gasteiger partial charge in [-0.05, 0) is 25.5 Å². The van der Waals surface area contributed by atoms with Crippen LogP contribution in [0.4, 0.5) is 5.69 Å². The van der Waals surface area contributed by atoms with E-state index in [2.05, 4.69) is 31.1 Å². The smallest absolute Gasteiger partial charge is 0.267 e. The highest BCUT2D eigenvalue weighted by atomic mass is 32.1. The summed E-state index contributed by atoms with van der Waals surface area (Å²) in [6.07, 6.45) is 0.925. The molecule has 2 rings (SSSR count). The summed E-state index contributed by atoms with van der Waals surface area (Å²) in [5.74, 6) is 0.892. The average molecular weight is 318 g/mol. The fourth-order valence-electron chi connectivity index (χ4n) is 1.96. The maximum Gasteiger partial charge on any atom is 0.267 e. The summed E-state index contributed by atoms with van der Waals surface area (Å²) < 4.78 is 5.67. The van der Waals surface area contributed by atoms with Crippen LogP contribution in [0.25, 0.3) is 0 Å². The van der Waals surface area contributed by atoms with Crippen LogP contribution in [-0.4, -0.2) is 17.5 Å². The van der Waals surface area contributed by atoms with Crippen LogP contribution in [0.1, 0.15) is 53.5 Å². The molecule has 5 heteroatoms. The molecule has 0 bridgehead atoms. The van der Waals surface area contributed by atoms with Gasteiger partial charge in [0.15, 0.2) is 0 Å². The standard InChI is InChI=1S/C17H22N2O2S/c1-5-10-21-14-9-7-6-8-13(14)19-16(20)15-12(4)18-17(22-15)11(2)3/h6-9,11H,5,10H2,1-4H3,(H,19,20). The molecule has 0 aliphatic rings. The summed E-state index contributed by atoms with van der Waals surface area (Å²) in [5, 5.41) is 3.92. The minimum atomic E-state index is -0.130. The number of aromatic nitrogens is 1. The van der Waals surface area contributed by atoms with Crippen molar-refractivity contribution in [2.24, 2.45) is 0 Å². The van der Waals surface area contributed by atoms with Crippen molar-refractivity contribution >= 4 is 22.9 Å². The molecule has 1 amide bonds. The van der Waals surface area contributed by atoms with E-state index in [-0.39, 0.29) is 5.91 Å². The molecule has 1 aromatic heterocycles. The first-order chi connectivity index (χ1) is 10.5. The van der Waals surface area contributed by atoms with Crippen molar-refractivity contribution in [3.8, 4) is 5.75 Å². The van der Waals surface area contributed by atoms with Gasteiger partial charge in [0.1, 0.15) is 10.6 Å². The van der Waals surface area contributed by atoms with Crippen molar-refractivity contribution < 1.29 is 9.53 Å². The minimum Gasteiger partial charge on any atom is -0.491 e. The van der Waals surface area contributed by atoms with Crippen molar-refractivity contribution in [2.75, 3.05) is 11.9 Å². The molecular weight excluding hydrogens is 296 g/mol.